The molecule has 0 spiro atoms. The van der Waals surface area contributed by atoms with Crippen molar-refractivity contribution in [2.45, 2.75) is 30.3 Å². The number of para-hydroxylation sites is 1. The van der Waals surface area contributed by atoms with E-state index in [4.69, 9.17) is 4.74 Å². The van der Waals surface area contributed by atoms with Crippen LogP contribution in [-0.4, -0.2) is 43.8 Å². The lowest BCUT2D eigenvalue weighted by Crippen LogP contribution is -2.58. The Morgan fingerprint density at radius 1 is 0.776 bits per heavy atom. The topological polar surface area (TPSA) is 113 Å². The molecule has 9 nitrogen and oxygen atoms in total. The average molecular weight is 652 g/mol. The number of aliphatic hydroxyl groups is 1. The van der Waals surface area contributed by atoms with E-state index in [-0.39, 0.29) is 37.7 Å². The minimum atomic E-state index is -1.33. The number of nitrogens with zero attached hydrogens (tertiary/aromatic N) is 3. The van der Waals surface area contributed by atoms with E-state index < -0.39 is 34.7 Å². The Bertz CT molecular complexity index is 2250. The van der Waals surface area contributed by atoms with Crippen molar-refractivity contribution in [1.29, 1.82) is 0 Å². The zero-order chi connectivity index (χ0) is 33.7. The van der Waals surface area contributed by atoms with Crippen LogP contribution in [0, 0.1) is 5.92 Å². The van der Waals surface area contributed by atoms with E-state index >= 15 is 4.79 Å². The summed E-state index contributed by atoms with van der Waals surface area (Å²) >= 11 is 0. The van der Waals surface area contributed by atoms with Gasteiger partial charge in [0.05, 0.1) is 30.3 Å². The van der Waals surface area contributed by atoms with Gasteiger partial charge in [0.15, 0.2) is 11.6 Å². The van der Waals surface area contributed by atoms with Crippen LogP contribution in [0.3, 0.4) is 0 Å². The molecule has 1 saturated carbocycles. The van der Waals surface area contributed by atoms with Gasteiger partial charge in [-0.15, -0.1) is 0 Å². The number of Topliss-reactive ketones (excluding diaryl/α,β-unsaturated/α-hetero) is 1. The second-order valence-corrected chi connectivity index (χ2v) is 12.6. The average Bonchev–Trinajstić information content (AvgIpc) is 3.41. The first-order valence-electron chi connectivity index (χ1n) is 16.4. The second-order valence-electron chi connectivity index (χ2n) is 12.6. The van der Waals surface area contributed by atoms with Crippen LogP contribution in [-0.2, 0) is 21.5 Å². The number of hydrogen-bond acceptors (Lipinski definition) is 6. The van der Waals surface area contributed by atoms with Gasteiger partial charge in [0.2, 0.25) is 0 Å². The van der Waals surface area contributed by atoms with Crippen LogP contribution in [0.5, 0.6) is 5.75 Å². The van der Waals surface area contributed by atoms with Crippen LogP contribution in [0.2, 0.25) is 0 Å². The van der Waals surface area contributed by atoms with Crippen molar-refractivity contribution >= 4 is 17.1 Å². The fourth-order valence-electron chi connectivity index (χ4n) is 8.23. The summed E-state index contributed by atoms with van der Waals surface area (Å²) in [6.45, 7) is 0.116. The number of ether oxygens (including phenoxy) is 1. The molecule has 0 unspecified atom stereocenters. The van der Waals surface area contributed by atoms with E-state index in [9.17, 15) is 19.5 Å². The van der Waals surface area contributed by atoms with E-state index in [0.717, 1.165) is 11.1 Å². The van der Waals surface area contributed by atoms with Crippen molar-refractivity contribution in [2.75, 3.05) is 13.2 Å². The predicted molar refractivity (Wildman–Crippen MR) is 184 cm³/mol. The van der Waals surface area contributed by atoms with E-state index in [1.807, 2.05) is 84.9 Å². The summed E-state index contributed by atoms with van der Waals surface area (Å²) in [6.07, 6.45) is 3.60. The minimum absolute atomic E-state index is 0.122. The maximum absolute atomic E-state index is 15.1. The molecule has 2 aliphatic carbocycles. The number of fused-ring (bicyclic) bond motifs is 4. The highest BCUT2D eigenvalue weighted by atomic mass is 16.5. The van der Waals surface area contributed by atoms with Crippen LogP contribution in [0.25, 0.3) is 11.3 Å². The lowest BCUT2D eigenvalue weighted by Gasteiger charge is -2.54. The van der Waals surface area contributed by atoms with Crippen molar-refractivity contribution < 1.29 is 19.4 Å². The molecular formula is C40H33N3O6. The smallest absolute Gasteiger partial charge is 0.352 e. The molecule has 5 aromatic rings. The van der Waals surface area contributed by atoms with Crippen LogP contribution in [0.1, 0.15) is 35.1 Å². The molecule has 1 aliphatic heterocycles. The summed E-state index contributed by atoms with van der Waals surface area (Å²) < 4.78 is 9.75. The Morgan fingerprint density at radius 2 is 1.43 bits per heavy atom. The van der Waals surface area contributed by atoms with Gasteiger partial charge in [-0.1, -0.05) is 97.1 Å². The maximum Gasteiger partial charge on any atom is 0.352 e. The minimum Gasteiger partial charge on any atom is -0.491 e. The Labute approximate surface area is 281 Å². The molecule has 4 aromatic carbocycles. The first kappa shape index (κ1) is 30.5. The van der Waals surface area contributed by atoms with Gasteiger partial charge < -0.3 is 9.84 Å². The van der Waals surface area contributed by atoms with Crippen LogP contribution in [0.4, 0.5) is 0 Å². The molecule has 8 rings (SSSR count). The molecule has 2 heterocycles. The molecule has 244 valence electrons. The Hall–Kier alpha value is -5.80. The first-order chi connectivity index (χ1) is 23.9. The largest absolute Gasteiger partial charge is 0.491 e. The number of allylic oxidation sites excluding steroid dienone is 4. The van der Waals surface area contributed by atoms with Crippen molar-refractivity contribution in [3.63, 3.8) is 0 Å². The molecule has 0 radical (unpaired) electrons. The summed E-state index contributed by atoms with van der Waals surface area (Å²) in [6, 6.07) is 34.1. The summed E-state index contributed by atoms with van der Waals surface area (Å²) in [7, 11) is 0. The second kappa shape index (κ2) is 12.0. The summed E-state index contributed by atoms with van der Waals surface area (Å²) in [4.78, 5) is 58.1. The van der Waals surface area contributed by atoms with Gasteiger partial charge in [0.25, 0.3) is 0 Å². The highest BCUT2D eigenvalue weighted by molar-refractivity contribution is 6.31. The van der Waals surface area contributed by atoms with Crippen molar-refractivity contribution in [3.05, 3.63) is 171 Å². The molecule has 3 aliphatic rings. The third-order valence-corrected chi connectivity index (χ3v) is 10.2. The molecule has 0 bridgehead atoms. The molecule has 0 saturated heterocycles. The van der Waals surface area contributed by atoms with Crippen molar-refractivity contribution in [3.8, 4) is 11.4 Å². The van der Waals surface area contributed by atoms with Crippen molar-refractivity contribution in [1.82, 2.24) is 13.9 Å². The number of hydrogen-bond donors (Lipinski definition) is 1. The number of ketones is 2. The third-order valence-electron chi connectivity index (χ3n) is 10.2. The number of benzene rings is 4. The highest BCUT2D eigenvalue weighted by Gasteiger charge is 2.63. The number of aliphatic hydroxyl groups excluding tert-OH is 1. The number of carbonyl (C=O) groups excluding carboxylic acids is 2. The standard InChI is InChI=1S/C40H33N3O6/c44-22-23-49-30-18-16-27(17-19-30)36-31-20-21-41-38(47)42(29-14-8-3-9-15-29)39(48)43(41)34(31)25-33-37(46)32(26-10-4-1-5-11-26)24-35(45)40(33,36)28-12-6-2-7-13-28/h1-20,24,33-34,36,44H,21-23,25H2/t33-,34+,36-,40-/m0/s1. The van der Waals surface area contributed by atoms with E-state index in [1.54, 1.807) is 36.4 Å². The molecule has 1 N–H and O–H groups in total. The zero-order valence-electron chi connectivity index (χ0n) is 26.5. The quantitative estimate of drug-likeness (QED) is 0.257. The fourth-order valence-corrected chi connectivity index (χ4v) is 8.23. The van der Waals surface area contributed by atoms with Crippen LogP contribution in [0.15, 0.2) is 143 Å². The van der Waals surface area contributed by atoms with Gasteiger partial charge in [-0.05, 0) is 59.0 Å². The molecule has 0 amide bonds. The number of carbonyl (C=O) groups is 2. The van der Waals surface area contributed by atoms with Crippen LogP contribution >= 0.6 is 0 Å². The molecule has 1 aromatic heterocycles. The fraction of sp³-hybridized carbons (Fsp3) is 0.200. The summed E-state index contributed by atoms with van der Waals surface area (Å²) in [5, 5.41) is 9.30. The van der Waals surface area contributed by atoms with Gasteiger partial charge in [-0.3, -0.25) is 9.59 Å². The van der Waals surface area contributed by atoms with Crippen molar-refractivity contribution in [2.24, 2.45) is 5.92 Å². The Kier molecular flexibility index (Phi) is 7.49. The monoisotopic (exact) mass is 651 g/mol. The molecule has 9 heteroatoms. The lowest BCUT2D eigenvalue weighted by atomic mass is 9.47. The van der Waals surface area contributed by atoms with Gasteiger partial charge in [0.1, 0.15) is 12.4 Å². The van der Waals surface area contributed by atoms with Gasteiger partial charge in [-0.25, -0.2) is 23.5 Å². The third kappa shape index (κ3) is 4.64. The van der Waals surface area contributed by atoms with E-state index in [2.05, 4.69) is 0 Å². The lowest BCUT2D eigenvalue weighted by molar-refractivity contribution is -0.133. The maximum atomic E-state index is 15.1. The van der Waals surface area contributed by atoms with E-state index in [0.29, 0.717) is 28.1 Å². The van der Waals surface area contributed by atoms with Gasteiger partial charge >= 0.3 is 11.4 Å². The number of rotatable bonds is 7. The Balaban J connectivity index is 1.39. The summed E-state index contributed by atoms with van der Waals surface area (Å²) in [5.41, 5.74) is 1.42. The van der Waals surface area contributed by atoms with Gasteiger partial charge in [-0.2, -0.15) is 0 Å². The first-order valence-corrected chi connectivity index (χ1v) is 16.4. The molecular weight excluding hydrogens is 618 g/mol. The summed E-state index contributed by atoms with van der Waals surface area (Å²) in [5.74, 6) is -1.35. The predicted octanol–water partition coefficient (Wildman–Crippen LogP) is 4.63. The Morgan fingerprint density at radius 3 is 2.10 bits per heavy atom. The molecule has 49 heavy (non-hydrogen) atoms. The molecule has 4 atom stereocenters. The van der Waals surface area contributed by atoms with Gasteiger partial charge in [0, 0.05) is 17.4 Å². The van der Waals surface area contributed by atoms with Crippen LogP contribution < -0.4 is 16.1 Å². The normalized spacial score (nSPS) is 22.8. The SMILES string of the molecule is O=C1C(c2ccccc2)=CC(=O)[C@@]2(c3ccccc3)[C@@H](c3ccc(OCCO)cc3)C3=CCn4c(=O)n(-c5ccccc5)c(=O)n4[C@@H]3C[C@@H]12. The number of aromatic nitrogens is 3. The zero-order valence-corrected chi connectivity index (χ0v) is 26.5. The van der Waals surface area contributed by atoms with E-state index in [1.165, 1.54) is 20.0 Å². The molecule has 1 fully saturated rings. The highest BCUT2D eigenvalue weighted by Crippen LogP contribution is 2.61.